The molecule has 0 aliphatic carbocycles. The van der Waals surface area contributed by atoms with Crippen molar-refractivity contribution >= 4 is 79.6 Å². The smallest absolute Gasteiger partial charge is 0.143 e. The van der Waals surface area contributed by atoms with Crippen LogP contribution in [0, 0.1) is 0 Å². The maximum atomic E-state index is 6.21. The van der Waals surface area contributed by atoms with E-state index in [4.69, 9.17) is 55.9 Å². The lowest BCUT2D eigenvalue weighted by Gasteiger charge is -2.17. The van der Waals surface area contributed by atoms with E-state index in [-0.39, 0.29) is 0 Å². The van der Waals surface area contributed by atoms with Gasteiger partial charge in [0.25, 0.3) is 0 Å². The van der Waals surface area contributed by atoms with Gasteiger partial charge >= 0.3 is 0 Å². The predicted molar refractivity (Wildman–Crippen MR) is 168 cm³/mol. The molecular weight excluding hydrogens is 590 g/mol. The van der Waals surface area contributed by atoms with Crippen LogP contribution in [0.5, 0.6) is 11.5 Å². The Morgan fingerprint density at radius 1 is 0.525 bits per heavy atom. The molecule has 0 saturated heterocycles. The van der Waals surface area contributed by atoms with Crippen molar-refractivity contribution in [1.82, 2.24) is 9.97 Å². The van der Waals surface area contributed by atoms with Gasteiger partial charge in [0, 0.05) is 44.3 Å². The SMILES string of the molecule is COc1ccc(-c2cc3cc(Cl)c(Cl)cc3[nH]2)cc1NNc1cc(-c2cc3cc(Cl)c(Cl)cc3[nH]2)ccc1OC. The Kier molecular flexibility index (Phi) is 7.11. The van der Waals surface area contributed by atoms with Crippen LogP contribution in [0.4, 0.5) is 11.4 Å². The first-order chi connectivity index (χ1) is 19.3. The van der Waals surface area contributed by atoms with Crippen molar-refractivity contribution < 1.29 is 9.47 Å². The van der Waals surface area contributed by atoms with Gasteiger partial charge in [0.05, 0.1) is 45.7 Å². The molecule has 6 nitrogen and oxygen atoms in total. The summed E-state index contributed by atoms with van der Waals surface area (Å²) in [5.74, 6) is 1.33. The molecule has 0 aliphatic rings. The summed E-state index contributed by atoms with van der Waals surface area (Å²) < 4.78 is 11.2. The Bertz CT molecular complexity index is 1680. The number of H-pyrrole nitrogens is 2. The molecule has 0 aliphatic heterocycles. The number of fused-ring (bicyclic) bond motifs is 2. The maximum Gasteiger partial charge on any atom is 0.143 e. The second kappa shape index (κ2) is 10.7. The van der Waals surface area contributed by atoms with E-state index in [9.17, 15) is 0 Å². The van der Waals surface area contributed by atoms with Gasteiger partial charge in [0.1, 0.15) is 11.5 Å². The van der Waals surface area contributed by atoms with Gasteiger partial charge in [-0.15, -0.1) is 0 Å². The summed E-state index contributed by atoms with van der Waals surface area (Å²) in [4.78, 5) is 6.82. The zero-order valence-corrected chi connectivity index (χ0v) is 24.3. The second-order valence-corrected chi connectivity index (χ2v) is 10.8. The molecule has 0 radical (unpaired) electrons. The molecule has 6 rings (SSSR count). The normalized spacial score (nSPS) is 11.2. The van der Waals surface area contributed by atoms with Crippen LogP contribution in [0.15, 0.2) is 72.8 Å². The molecule has 0 spiro atoms. The predicted octanol–water partition coefficient (Wildman–Crippen LogP) is 10.1. The monoisotopic (exact) mass is 610 g/mol. The molecule has 0 bridgehead atoms. The van der Waals surface area contributed by atoms with Crippen LogP contribution in [0.2, 0.25) is 20.1 Å². The first kappa shape index (κ1) is 26.5. The third kappa shape index (κ3) is 5.00. The van der Waals surface area contributed by atoms with Gasteiger partial charge in [0.15, 0.2) is 0 Å². The van der Waals surface area contributed by atoms with Crippen LogP contribution in [0.3, 0.4) is 0 Å². The van der Waals surface area contributed by atoms with E-state index in [1.165, 1.54) is 0 Å². The van der Waals surface area contributed by atoms with Crippen LogP contribution in [0.25, 0.3) is 44.3 Å². The summed E-state index contributed by atoms with van der Waals surface area (Å²) in [7, 11) is 3.26. The lowest BCUT2D eigenvalue weighted by Crippen LogP contribution is -2.11. The van der Waals surface area contributed by atoms with E-state index < -0.39 is 0 Å². The van der Waals surface area contributed by atoms with Crippen molar-refractivity contribution in [2.24, 2.45) is 0 Å². The summed E-state index contributed by atoms with van der Waals surface area (Å²) in [5, 5.41) is 3.96. The van der Waals surface area contributed by atoms with Gasteiger partial charge < -0.3 is 19.4 Å². The fourth-order valence-electron chi connectivity index (χ4n) is 4.65. The number of aromatic nitrogens is 2. The first-order valence-electron chi connectivity index (χ1n) is 12.2. The van der Waals surface area contributed by atoms with E-state index in [1.54, 1.807) is 14.2 Å². The van der Waals surface area contributed by atoms with Crippen molar-refractivity contribution in [2.45, 2.75) is 0 Å². The third-order valence-electron chi connectivity index (χ3n) is 6.68. The highest BCUT2D eigenvalue weighted by molar-refractivity contribution is 6.43. The molecule has 10 heteroatoms. The molecule has 0 saturated carbocycles. The molecular formula is C30H22Cl4N4O2. The van der Waals surface area contributed by atoms with Crippen molar-refractivity contribution in [2.75, 3.05) is 25.1 Å². The number of aromatic amines is 2. The van der Waals surface area contributed by atoms with Gasteiger partial charge in [-0.3, -0.25) is 10.9 Å². The molecule has 6 aromatic rings. The Labute approximate surface area is 250 Å². The molecule has 0 atom stereocenters. The summed E-state index contributed by atoms with van der Waals surface area (Å²) >= 11 is 24.8. The molecule has 202 valence electrons. The lowest BCUT2D eigenvalue weighted by atomic mass is 10.1. The maximum absolute atomic E-state index is 6.21. The minimum absolute atomic E-state index is 0.500. The zero-order valence-electron chi connectivity index (χ0n) is 21.3. The highest BCUT2D eigenvalue weighted by Crippen LogP contribution is 2.37. The molecule has 4 N–H and O–H groups in total. The Balaban J connectivity index is 1.31. The zero-order chi connectivity index (χ0) is 28.0. The molecule has 2 aromatic heterocycles. The van der Waals surface area contributed by atoms with Gasteiger partial charge in [-0.05, 0) is 72.8 Å². The van der Waals surface area contributed by atoms with E-state index in [2.05, 4.69) is 20.8 Å². The number of halogens is 4. The number of ether oxygens (including phenoxy) is 2. The van der Waals surface area contributed by atoms with Gasteiger partial charge in [-0.2, -0.15) is 0 Å². The molecule has 0 fully saturated rings. The molecule has 0 amide bonds. The summed E-state index contributed by atoms with van der Waals surface area (Å²) in [6.07, 6.45) is 0. The average Bonchev–Trinajstić information content (AvgIpc) is 3.55. The largest absolute Gasteiger partial charge is 0.495 e. The molecule has 4 aromatic carbocycles. The van der Waals surface area contributed by atoms with Crippen molar-refractivity contribution in [3.8, 4) is 34.0 Å². The minimum Gasteiger partial charge on any atom is -0.495 e. The van der Waals surface area contributed by atoms with Crippen LogP contribution in [-0.4, -0.2) is 24.2 Å². The minimum atomic E-state index is 0.500. The number of hydrogen-bond donors (Lipinski definition) is 4. The van der Waals surface area contributed by atoms with Crippen molar-refractivity contribution in [1.29, 1.82) is 0 Å². The number of nitrogens with one attached hydrogen (secondary N) is 4. The number of rotatable bonds is 7. The molecule has 0 unspecified atom stereocenters. The quantitative estimate of drug-likeness (QED) is 0.135. The van der Waals surface area contributed by atoms with E-state index in [1.807, 2.05) is 72.8 Å². The average molecular weight is 612 g/mol. The van der Waals surface area contributed by atoms with Gasteiger partial charge in [0.2, 0.25) is 0 Å². The standard InChI is InChI=1S/C30H22Cl4N4O2/c1-39-29-5-3-15(23-11-17-7-19(31)21(33)13-25(17)35-23)9-27(29)37-38-28-10-16(4-6-30(28)40-2)24-12-18-8-20(32)22(34)14-26(18)36-24/h3-14,35-38H,1-2H3. The van der Waals surface area contributed by atoms with E-state index >= 15 is 0 Å². The Morgan fingerprint density at radius 3 is 1.32 bits per heavy atom. The highest BCUT2D eigenvalue weighted by atomic mass is 35.5. The fourth-order valence-corrected chi connectivity index (χ4v) is 5.32. The van der Waals surface area contributed by atoms with Crippen LogP contribution in [0.1, 0.15) is 0 Å². The van der Waals surface area contributed by atoms with Crippen LogP contribution < -0.4 is 20.3 Å². The van der Waals surface area contributed by atoms with Gasteiger partial charge in [-0.1, -0.05) is 46.4 Å². The van der Waals surface area contributed by atoms with Crippen LogP contribution in [-0.2, 0) is 0 Å². The number of hydrogen-bond acceptors (Lipinski definition) is 4. The van der Waals surface area contributed by atoms with Crippen molar-refractivity contribution in [3.63, 3.8) is 0 Å². The van der Waals surface area contributed by atoms with Gasteiger partial charge in [-0.25, -0.2) is 0 Å². The highest BCUT2D eigenvalue weighted by Gasteiger charge is 2.13. The number of hydrazine groups is 1. The lowest BCUT2D eigenvalue weighted by molar-refractivity contribution is 0.415. The Hall–Kier alpha value is -3.68. The number of methoxy groups -OCH3 is 2. The Morgan fingerprint density at radius 2 is 0.925 bits per heavy atom. The molecule has 2 heterocycles. The summed E-state index contributed by atoms with van der Waals surface area (Å²) in [5.41, 5.74) is 13.6. The van der Waals surface area contributed by atoms with Crippen molar-refractivity contribution in [3.05, 3.63) is 92.9 Å². The summed E-state index contributed by atoms with van der Waals surface area (Å²) in [6.45, 7) is 0. The van der Waals surface area contributed by atoms with E-state index in [0.717, 1.165) is 55.7 Å². The topological polar surface area (TPSA) is 74.1 Å². The first-order valence-corrected chi connectivity index (χ1v) is 13.7. The molecule has 40 heavy (non-hydrogen) atoms. The fraction of sp³-hybridized carbons (Fsp3) is 0.0667. The number of benzene rings is 4. The third-order valence-corrected chi connectivity index (χ3v) is 8.12. The summed E-state index contributed by atoms with van der Waals surface area (Å²) in [6, 6.07) is 23.1. The van der Waals surface area contributed by atoms with Crippen LogP contribution >= 0.6 is 46.4 Å². The second-order valence-electron chi connectivity index (χ2n) is 9.15. The van der Waals surface area contributed by atoms with E-state index in [0.29, 0.717) is 31.6 Å². The number of anilines is 2.